The van der Waals surface area contributed by atoms with E-state index in [0.717, 1.165) is 29.2 Å². The summed E-state index contributed by atoms with van der Waals surface area (Å²) in [5.74, 6) is -0.231. The highest BCUT2D eigenvalue weighted by molar-refractivity contribution is 6.02. The van der Waals surface area contributed by atoms with Gasteiger partial charge >= 0.3 is 12.1 Å². The summed E-state index contributed by atoms with van der Waals surface area (Å²) in [6, 6.07) is 8.33. The number of alkyl halides is 3. The lowest BCUT2D eigenvalue weighted by Gasteiger charge is -2.44. The van der Waals surface area contributed by atoms with Crippen molar-refractivity contribution in [3.05, 3.63) is 107 Å². The van der Waals surface area contributed by atoms with Crippen molar-refractivity contribution in [2.75, 3.05) is 32.2 Å². The largest absolute Gasteiger partial charge is 0.497 e. The van der Waals surface area contributed by atoms with Crippen LogP contribution in [-0.2, 0) is 20.4 Å². The molecule has 6 rings (SSSR count). The normalized spacial score (nSPS) is 21.3. The maximum absolute atomic E-state index is 15.2. The van der Waals surface area contributed by atoms with Crippen LogP contribution in [0.25, 0.3) is 0 Å². The maximum Gasteiger partial charge on any atom is 0.416 e. The topological polar surface area (TPSA) is 57.6 Å². The quantitative estimate of drug-likeness (QED) is 0.343. The van der Waals surface area contributed by atoms with Gasteiger partial charge in [0.15, 0.2) is 0 Å². The van der Waals surface area contributed by atoms with E-state index in [9.17, 15) is 18.0 Å². The van der Waals surface area contributed by atoms with Gasteiger partial charge in [-0.25, -0.2) is 9.38 Å². The number of carbonyl (C=O) groups excluding carboxylic acids is 1. The standard InChI is InChI=1S/C30H26F4N4O3/c1-40-22-10-9-18-13-21-17-36(11-12-37(21)25(18)15-22)29-35-28-23(7-4-8-24(28)31)26(16-27(39)41-2)38(29)20-6-3-5-19(14-20)30(32,33)34/h3-10,13-15,17,25-26H,11-12,16H2,1-2H3. The molecule has 0 radical (unpaired) electrons. The highest BCUT2D eigenvalue weighted by Crippen LogP contribution is 2.44. The molecule has 4 aliphatic rings. The molecule has 0 amide bonds. The predicted molar refractivity (Wildman–Crippen MR) is 144 cm³/mol. The average Bonchev–Trinajstić information content (AvgIpc) is 3.33. The van der Waals surface area contributed by atoms with Crippen molar-refractivity contribution < 1.29 is 31.8 Å². The van der Waals surface area contributed by atoms with Crippen molar-refractivity contribution in [2.45, 2.75) is 24.7 Å². The highest BCUT2D eigenvalue weighted by Gasteiger charge is 2.40. The van der Waals surface area contributed by atoms with Gasteiger partial charge in [0.05, 0.1) is 44.0 Å². The number of allylic oxidation sites excluding steroid dienone is 2. The molecule has 0 spiro atoms. The number of aliphatic imine (C=N–C) groups is 1. The van der Waals surface area contributed by atoms with Crippen LogP contribution in [0.15, 0.2) is 95.0 Å². The Morgan fingerprint density at radius 2 is 1.90 bits per heavy atom. The molecule has 0 bridgehead atoms. The molecular formula is C30H26F4N4O3. The third-order valence-electron chi connectivity index (χ3n) is 7.60. The number of anilines is 1. The van der Waals surface area contributed by atoms with Crippen LogP contribution in [0.3, 0.4) is 0 Å². The minimum absolute atomic E-state index is 0.0125. The van der Waals surface area contributed by atoms with E-state index >= 15 is 4.39 Å². The molecule has 0 aromatic heterocycles. The number of para-hydroxylation sites is 1. The van der Waals surface area contributed by atoms with E-state index in [1.807, 2.05) is 30.5 Å². The predicted octanol–water partition coefficient (Wildman–Crippen LogP) is 5.82. The Balaban J connectivity index is 1.49. The summed E-state index contributed by atoms with van der Waals surface area (Å²) in [5.41, 5.74) is 1.66. The lowest BCUT2D eigenvalue weighted by molar-refractivity contribution is -0.141. The number of benzene rings is 2. The number of halogens is 4. The smallest absolute Gasteiger partial charge is 0.416 e. The molecule has 0 saturated heterocycles. The van der Waals surface area contributed by atoms with Gasteiger partial charge in [0, 0.05) is 30.5 Å². The van der Waals surface area contributed by atoms with Crippen LogP contribution in [-0.4, -0.2) is 55.1 Å². The van der Waals surface area contributed by atoms with Gasteiger partial charge in [-0.1, -0.05) is 24.3 Å². The van der Waals surface area contributed by atoms with Crippen LogP contribution in [0, 0.1) is 5.82 Å². The number of carbonyl (C=O) groups is 1. The Hall–Kier alpha value is -4.54. The van der Waals surface area contributed by atoms with Crippen LogP contribution in [0.5, 0.6) is 0 Å². The zero-order valence-corrected chi connectivity index (χ0v) is 22.2. The van der Waals surface area contributed by atoms with Gasteiger partial charge in [-0.2, -0.15) is 13.2 Å². The fraction of sp³-hybridized carbons (Fsp3) is 0.267. The summed E-state index contributed by atoms with van der Waals surface area (Å²) < 4.78 is 66.8. The molecular weight excluding hydrogens is 540 g/mol. The Kier molecular flexibility index (Phi) is 6.59. The van der Waals surface area contributed by atoms with Gasteiger partial charge in [-0.05, 0) is 48.1 Å². The fourth-order valence-corrected chi connectivity index (χ4v) is 5.64. The van der Waals surface area contributed by atoms with Crippen molar-refractivity contribution in [1.29, 1.82) is 0 Å². The molecule has 1 aliphatic carbocycles. The van der Waals surface area contributed by atoms with Crippen molar-refractivity contribution in [1.82, 2.24) is 9.80 Å². The lowest BCUT2D eigenvalue weighted by Crippen LogP contribution is -2.51. The third kappa shape index (κ3) is 4.75. The summed E-state index contributed by atoms with van der Waals surface area (Å²) in [6.45, 7) is 0.961. The molecule has 2 aromatic carbocycles. The Morgan fingerprint density at radius 1 is 1.10 bits per heavy atom. The zero-order valence-electron chi connectivity index (χ0n) is 22.2. The van der Waals surface area contributed by atoms with E-state index in [4.69, 9.17) is 9.47 Å². The van der Waals surface area contributed by atoms with Gasteiger partial charge in [0.25, 0.3) is 0 Å². The Bertz CT molecular complexity index is 1560. The number of fused-ring (bicyclic) bond motifs is 4. The molecule has 3 heterocycles. The van der Waals surface area contributed by atoms with Gasteiger partial charge in [0.2, 0.25) is 5.96 Å². The first-order chi connectivity index (χ1) is 19.7. The summed E-state index contributed by atoms with van der Waals surface area (Å²) in [6.07, 6.45) is 4.94. The second-order valence-corrected chi connectivity index (χ2v) is 9.94. The minimum atomic E-state index is -4.59. The molecule has 2 aromatic rings. The zero-order chi connectivity index (χ0) is 28.9. The number of methoxy groups -OCH3 is 2. The number of nitrogens with zero attached hydrogens (tertiary/aromatic N) is 4. The summed E-state index contributed by atoms with van der Waals surface area (Å²) in [5, 5.41) is 0. The van der Waals surface area contributed by atoms with Gasteiger partial charge in [-0.15, -0.1) is 0 Å². The van der Waals surface area contributed by atoms with Crippen LogP contribution < -0.4 is 4.90 Å². The summed E-state index contributed by atoms with van der Waals surface area (Å²) in [4.78, 5) is 22.8. The Morgan fingerprint density at radius 3 is 2.66 bits per heavy atom. The van der Waals surface area contributed by atoms with Gasteiger partial charge in [0.1, 0.15) is 17.3 Å². The monoisotopic (exact) mass is 566 g/mol. The molecule has 0 fully saturated rings. The van der Waals surface area contributed by atoms with Crippen LogP contribution in [0.2, 0.25) is 0 Å². The number of ether oxygens (including phenoxy) is 2. The van der Waals surface area contributed by atoms with Crippen molar-refractivity contribution in [3.8, 4) is 0 Å². The SMILES string of the molecule is COC(=O)CC1c2cccc(F)c2N=C(N2C=C3C=C4C=CC(OC)=CC4N3CC2)N1c1cccc(C(F)(F)F)c1. The number of hydrogen-bond acceptors (Lipinski definition) is 7. The van der Waals surface area contributed by atoms with E-state index in [1.54, 1.807) is 23.0 Å². The Labute approximate surface area is 234 Å². The number of hydrogen-bond donors (Lipinski definition) is 0. The molecule has 0 N–H and O–H groups in total. The number of esters is 1. The van der Waals surface area contributed by atoms with Crippen LogP contribution in [0.1, 0.15) is 23.6 Å². The summed E-state index contributed by atoms with van der Waals surface area (Å²) >= 11 is 0. The van der Waals surface area contributed by atoms with Crippen molar-refractivity contribution >= 4 is 23.3 Å². The number of guanidine groups is 1. The van der Waals surface area contributed by atoms with E-state index in [0.29, 0.717) is 18.7 Å². The highest BCUT2D eigenvalue weighted by atomic mass is 19.4. The third-order valence-corrected chi connectivity index (χ3v) is 7.60. The minimum Gasteiger partial charge on any atom is -0.497 e. The van der Waals surface area contributed by atoms with Gasteiger partial charge in [-0.3, -0.25) is 4.79 Å². The molecule has 3 aliphatic heterocycles. The molecule has 0 saturated carbocycles. The van der Waals surface area contributed by atoms with Gasteiger partial charge < -0.3 is 24.2 Å². The average molecular weight is 567 g/mol. The second-order valence-electron chi connectivity index (χ2n) is 9.94. The lowest BCUT2D eigenvalue weighted by atomic mass is 9.97. The first kappa shape index (κ1) is 26.7. The van der Waals surface area contributed by atoms with E-state index in [-0.39, 0.29) is 29.8 Å². The van der Waals surface area contributed by atoms with E-state index in [2.05, 4.69) is 9.89 Å². The molecule has 41 heavy (non-hydrogen) atoms. The molecule has 11 heteroatoms. The molecule has 2 unspecified atom stereocenters. The first-order valence-electron chi connectivity index (χ1n) is 13.0. The first-order valence-corrected chi connectivity index (χ1v) is 13.0. The maximum atomic E-state index is 15.2. The molecule has 7 nitrogen and oxygen atoms in total. The second kappa shape index (κ2) is 10.1. The summed E-state index contributed by atoms with van der Waals surface area (Å²) in [7, 11) is 2.84. The van der Waals surface area contributed by atoms with E-state index < -0.39 is 29.6 Å². The van der Waals surface area contributed by atoms with Crippen LogP contribution >= 0.6 is 0 Å². The van der Waals surface area contributed by atoms with Crippen molar-refractivity contribution in [2.24, 2.45) is 4.99 Å². The fourth-order valence-electron chi connectivity index (χ4n) is 5.64. The number of rotatable bonds is 4. The molecule has 212 valence electrons. The van der Waals surface area contributed by atoms with Crippen LogP contribution in [0.4, 0.5) is 28.9 Å². The molecule has 2 atom stereocenters. The van der Waals surface area contributed by atoms with Crippen molar-refractivity contribution in [3.63, 3.8) is 0 Å². The van der Waals surface area contributed by atoms with E-state index in [1.165, 1.54) is 31.4 Å².